The van der Waals surface area contributed by atoms with E-state index >= 15 is 0 Å². The van der Waals surface area contributed by atoms with Crippen molar-refractivity contribution in [2.24, 2.45) is 0 Å². The Morgan fingerprint density at radius 3 is 1.74 bits per heavy atom. The summed E-state index contributed by atoms with van der Waals surface area (Å²) >= 11 is 0. The van der Waals surface area contributed by atoms with Crippen LogP contribution in [0.25, 0.3) is 11.0 Å². The van der Waals surface area contributed by atoms with Gasteiger partial charge in [-0.3, -0.25) is 4.90 Å². The van der Waals surface area contributed by atoms with Gasteiger partial charge in [0.1, 0.15) is 11.7 Å². The van der Waals surface area contributed by atoms with E-state index in [9.17, 15) is 0 Å². The first-order valence-corrected chi connectivity index (χ1v) is 10.6. The molecular formula is C27H24N4. The van der Waals surface area contributed by atoms with Crippen LogP contribution in [0.2, 0.25) is 0 Å². The molecule has 1 heterocycles. The Morgan fingerprint density at radius 2 is 1.13 bits per heavy atom. The molecule has 0 saturated carbocycles. The van der Waals surface area contributed by atoms with Gasteiger partial charge in [0.15, 0.2) is 0 Å². The molecule has 4 heteroatoms. The normalized spacial score (nSPS) is 12.3. The molecule has 0 saturated heterocycles. The summed E-state index contributed by atoms with van der Waals surface area (Å²) in [7, 11) is 0. The first-order valence-electron chi connectivity index (χ1n) is 10.6. The van der Waals surface area contributed by atoms with Crippen molar-refractivity contribution in [2.45, 2.75) is 19.3 Å². The highest BCUT2D eigenvalue weighted by atomic mass is 15.5. The van der Waals surface area contributed by atoms with Gasteiger partial charge in [0, 0.05) is 13.1 Å². The molecule has 0 radical (unpaired) electrons. The molecular weight excluding hydrogens is 380 g/mol. The highest BCUT2D eigenvalue weighted by Crippen LogP contribution is 2.29. The summed E-state index contributed by atoms with van der Waals surface area (Å²) in [5.74, 6) is 0. The lowest BCUT2D eigenvalue weighted by molar-refractivity contribution is 0.144. The van der Waals surface area contributed by atoms with Crippen LogP contribution >= 0.6 is 0 Å². The van der Waals surface area contributed by atoms with E-state index in [1.807, 2.05) is 18.2 Å². The lowest BCUT2D eigenvalue weighted by atomic mass is 10.1. The van der Waals surface area contributed by atoms with Crippen molar-refractivity contribution in [3.63, 3.8) is 0 Å². The molecule has 1 aromatic heterocycles. The summed E-state index contributed by atoms with van der Waals surface area (Å²) in [4.78, 5) is 2.46. The van der Waals surface area contributed by atoms with E-state index in [4.69, 9.17) is 0 Å². The van der Waals surface area contributed by atoms with E-state index in [2.05, 4.69) is 117 Å². The van der Waals surface area contributed by atoms with E-state index in [1.165, 1.54) is 16.7 Å². The van der Waals surface area contributed by atoms with Gasteiger partial charge in [0.25, 0.3) is 0 Å². The van der Waals surface area contributed by atoms with Crippen molar-refractivity contribution in [3.8, 4) is 0 Å². The van der Waals surface area contributed by atoms with Gasteiger partial charge in [-0.05, 0) is 28.8 Å². The molecule has 1 atom stereocenters. The Morgan fingerprint density at radius 1 is 0.613 bits per heavy atom. The summed E-state index contributed by atoms with van der Waals surface area (Å²) in [6.45, 7) is 1.59. The molecule has 0 spiro atoms. The summed E-state index contributed by atoms with van der Waals surface area (Å²) in [5, 5.41) is 9.05. The Balaban J connectivity index is 1.64. The summed E-state index contributed by atoms with van der Waals surface area (Å²) in [5.41, 5.74) is 5.66. The molecule has 152 valence electrons. The second-order valence-corrected chi connectivity index (χ2v) is 7.68. The molecule has 4 aromatic carbocycles. The highest BCUT2D eigenvalue weighted by Gasteiger charge is 2.25. The van der Waals surface area contributed by atoms with Crippen molar-refractivity contribution < 1.29 is 0 Å². The average molecular weight is 405 g/mol. The Hall–Kier alpha value is -3.76. The van der Waals surface area contributed by atoms with Crippen LogP contribution < -0.4 is 0 Å². The van der Waals surface area contributed by atoms with Gasteiger partial charge < -0.3 is 0 Å². The topological polar surface area (TPSA) is 34.0 Å². The standard InChI is InChI=1S/C27H24N4/c1-4-12-22(13-5-1)20-30(21-23-14-6-2-7-15-23)27(24-16-8-3-9-17-24)31-26-19-11-10-18-25(26)28-29-31/h1-19,27H,20-21H2/t27-/m0/s1. The summed E-state index contributed by atoms with van der Waals surface area (Å²) < 4.78 is 2.05. The monoisotopic (exact) mass is 404 g/mol. The van der Waals surface area contributed by atoms with E-state index in [0.29, 0.717) is 0 Å². The molecule has 0 fully saturated rings. The molecule has 5 rings (SSSR count). The van der Waals surface area contributed by atoms with E-state index < -0.39 is 0 Å². The quantitative estimate of drug-likeness (QED) is 0.350. The second kappa shape index (κ2) is 8.94. The lowest BCUT2D eigenvalue weighted by Gasteiger charge is -2.32. The van der Waals surface area contributed by atoms with Crippen molar-refractivity contribution in [1.29, 1.82) is 0 Å². The number of nitrogens with zero attached hydrogens (tertiary/aromatic N) is 4. The van der Waals surface area contributed by atoms with Crippen LogP contribution in [0, 0.1) is 0 Å². The number of para-hydroxylation sites is 1. The molecule has 0 aliphatic carbocycles. The average Bonchev–Trinajstić information content (AvgIpc) is 3.25. The minimum atomic E-state index is -0.0889. The highest BCUT2D eigenvalue weighted by molar-refractivity contribution is 5.74. The molecule has 4 nitrogen and oxygen atoms in total. The molecule has 31 heavy (non-hydrogen) atoms. The predicted molar refractivity (Wildman–Crippen MR) is 124 cm³/mol. The van der Waals surface area contributed by atoms with E-state index in [1.54, 1.807) is 0 Å². The summed E-state index contributed by atoms with van der Waals surface area (Å²) in [6, 6.07) is 39.9. The van der Waals surface area contributed by atoms with Crippen LogP contribution in [0.1, 0.15) is 22.9 Å². The van der Waals surface area contributed by atoms with E-state index in [0.717, 1.165) is 24.1 Å². The van der Waals surface area contributed by atoms with Crippen molar-refractivity contribution >= 4 is 11.0 Å². The number of hydrogen-bond acceptors (Lipinski definition) is 3. The van der Waals surface area contributed by atoms with Gasteiger partial charge in [-0.2, -0.15) is 0 Å². The Kier molecular flexibility index (Phi) is 5.54. The fourth-order valence-electron chi connectivity index (χ4n) is 4.06. The zero-order valence-corrected chi connectivity index (χ0v) is 17.3. The Bertz CT molecular complexity index is 1190. The van der Waals surface area contributed by atoms with E-state index in [-0.39, 0.29) is 6.17 Å². The van der Waals surface area contributed by atoms with Crippen LogP contribution in [0.3, 0.4) is 0 Å². The number of hydrogen-bond donors (Lipinski definition) is 0. The minimum Gasteiger partial charge on any atom is -0.269 e. The number of fused-ring (bicyclic) bond motifs is 1. The van der Waals surface area contributed by atoms with Gasteiger partial charge in [-0.25, -0.2) is 4.68 Å². The van der Waals surface area contributed by atoms with Crippen LogP contribution in [0.15, 0.2) is 115 Å². The van der Waals surface area contributed by atoms with Crippen LogP contribution in [0.5, 0.6) is 0 Å². The fourth-order valence-corrected chi connectivity index (χ4v) is 4.06. The summed E-state index contributed by atoms with van der Waals surface area (Å²) in [6.07, 6.45) is -0.0889. The largest absolute Gasteiger partial charge is 0.269 e. The molecule has 0 amide bonds. The molecule has 0 N–H and O–H groups in total. The van der Waals surface area contributed by atoms with Gasteiger partial charge in [-0.1, -0.05) is 108 Å². The number of aromatic nitrogens is 3. The van der Waals surface area contributed by atoms with Crippen molar-refractivity contribution in [1.82, 2.24) is 19.9 Å². The minimum absolute atomic E-state index is 0.0889. The Labute approximate surface area is 182 Å². The maximum absolute atomic E-state index is 4.60. The van der Waals surface area contributed by atoms with Gasteiger partial charge in [0.05, 0.1) is 5.52 Å². The zero-order valence-electron chi connectivity index (χ0n) is 17.3. The third kappa shape index (κ3) is 4.25. The number of rotatable bonds is 7. The first kappa shape index (κ1) is 19.2. The van der Waals surface area contributed by atoms with Gasteiger partial charge >= 0.3 is 0 Å². The number of benzene rings is 4. The maximum Gasteiger partial charge on any atom is 0.133 e. The molecule has 5 aromatic rings. The molecule has 0 aliphatic rings. The maximum atomic E-state index is 4.60. The van der Waals surface area contributed by atoms with Gasteiger partial charge in [0.2, 0.25) is 0 Å². The van der Waals surface area contributed by atoms with Crippen LogP contribution in [0.4, 0.5) is 0 Å². The molecule has 0 bridgehead atoms. The van der Waals surface area contributed by atoms with Crippen molar-refractivity contribution in [2.75, 3.05) is 0 Å². The van der Waals surface area contributed by atoms with Crippen molar-refractivity contribution in [3.05, 3.63) is 132 Å². The molecule has 0 aliphatic heterocycles. The molecule has 0 unspecified atom stereocenters. The second-order valence-electron chi connectivity index (χ2n) is 7.68. The SMILES string of the molecule is c1ccc(CN(Cc2ccccc2)[C@H](c2ccccc2)n2nnc3ccccc32)cc1. The fraction of sp³-hybridized carbons (Fsp3) is 0.111. The first-order chi connectivity index (χ1) is 15.4. The smallest absolute Gasteiger partial charge is 0.133 e. The zero-order chi connectivity index (χ0) is 20.9. The van der Waals surface area contributed by atoms with Crippen LogP contribution in [-0.2, 0) is 13.1 Å². The van der Waals surface area contributed by atoms with Gasteiger partial charge in [-0.15, -0.1) is 5.10 Å². The third-order valence-corrected chi connectivity index (χ3v) is 5.51. The lowest BCUT2D eigenvalue weighted by Crippen LogP contribution is -2.33. The predicted octanol–water partition coefficient (Wildman–Crippen LogP) is 5.68. The van der Waals surface area contributed by atoms with Crippen LogP contribution in [-0.4, -0.2) is 19.9 Å². The third-order valence-electron chi connectivity index (χ3n) is 5.51.